The fourth-order valence-corrected chi connectivity index (χ4v) is 3.58. The van der Waals surface area contributed by atoms with Gasteiger partial charge in [-0.3, -0.25) is 9.48 Å². The zero-order valence-electron chi connectivity index (χ0n) is 14.5. The number of fused-ring (bicyclic) bond motifs is 1. The highest BCUT2D eigenvalue weighted by molar-refractivity contribution is 5.76. The van der Waals surface area contributed by atoms with E-state index in [2.05, 4.69) is 11.2 Å². The third-order valence-corrected chi connectivity index (χ3v) is 4.79. The van der Waals surface area contributed by atoms with Crippen LogP contribution in [0.5, 0.6) is 11.5 Å². The van der Waals surface area contributed by atoms with E-state index in [1.54, 1.807) is 10.9 Å². The van der Waals surface area contributed by atoms with E-state index in [1.807, 2.05) is 30.2 Å². The monoisotopic (exact) mass is 341 g/mol. The molecule has 6 nitrogen and oxygen atoms in total. The van der Waals surface area contributed by atoms with Gasteiger partial charge in [0, 0.05) is 19.2 Å². The molecule has 25 heavy (non-hydrogen) atoms. The van der Waals surface area contributed by atoms with Crippen LogP contribution < -0.4 is 9.47 Å². The highest BCUT2D eigenvalue weighted by Gasteiger charge is 2.30. The summed E-state index contributed by atoms with van der Waals surface area (Å²) in [4.78, 5) is 14.7. The van der Waals surface area contributed by atoms with E-state index in [0.29, 0.717) is 13.2 Å². The lowest BCUT2D eigenvalue weighted by atomic mass is 10.0. The molecule has 0 radical (unpaired) electrons. The molecule has 0 aliphatic carbocycles. The number of carbonyl (C=O) groups excluding carboxylic acids is 1. The molecule has 2 aliphatic rings. The summed E-state index contributed by atoms with van der Waals surface area (Å²) in [5.41, 5.74) is 2.18. The average Bonchev–Trinajstić information content (AvgIpc) is 3.18. The second-order valence-corrected chi connectivity index (χ2v) is 6.72. The smallest absolute Gasteiger partial charge is 0.244 e. The molecule has 0 spiro atoms. The van der Waals surface area contributed by atoms with Crippen LogP contribution in [0.4, 0.5) is 0 Å². The minimum Gasteiger partial charge on any atom is -0.490 e. The normalized spacial score (nSPS) is 19.7. The summed E-state index contributed by atoms with van der Waals surface area (Å²) in [6.45, 7) is 4.41. The maximum absolute atomic E-state index is 12.8. The molecule has 1 aromatic carbocycles. The van der Waals surface area contributed by atoms with E-state index in [4.69, 9.17) is 9.47 Å². The molecular formula is C19H23N3O3. The van der Waals surface area contributed by atoms with Gasteiger partial charge in [0.25, 0.3) is 0 Å². The van der Waals surface area contributed by atoms with Crippen LogP contribution in [0.15, 0.2) is 30.6 Å². The summed E-state index contributed by atoms with van der Waals surface area (Å²) in [7, 11) is 0. The SMILES string of the molecule is Cc1cnn(CC(=O)N2CCCC2c2ccc3c(c2)OCCCO3)c1. The highest BCUT2D eigenvalue weighted by Crippen LogP contribution is 2.38. The summed E-state index contributed by atoms with van der Waals surface area (Å²) < 4.78 is 13.2. The molecule has 6 heteroatoms. The maximum atomic E-state index is 12.8. The van der Waals surface area contributed by atoms with Gasteiger partial charge < -0.3 is 14.4 Å². The van der Waals surface area contributed by atoms with Crippen molar-refractivity contribution in [3.8, 4) is 11.5 Å². The molecule has 132 valence electrons. The van der Waals surface area contributed by atoms with Gasteiger partial charge in [-0.25, -0.2) is 0 Å². The van der Waals surface area contributed by atoms with E-state index in [9.17, 15) is 4.79 Å². The first-order valence-corrected chi connectivity index (χ1v) is 8.89. The Morgan fingerprint density at radius 2 is 2.08 bits per heavy atom. The first-order valence-electron chi connectivity index (χ1n) is 8.89. The molecule has 2 aromatic rings. The first kappa shape index (κ1) is 16.0. The summed E-state index contributed by atoms with van der Waals surface area (Å²) in [6, 6.07) is 6.16. The lowest BCUT2D eigenvalue weighted by Crippen LogP contribution is -2.33. The molecule has 2 aliphatic heterocycles. The maximum Gasteiger partial charge on any atom is 0.244 e. The van der Waals surface area contributed by atoms with Gasteiger partial charge in [0.15, 0.2) is 11.5 Å². The molecule has 0 bridgehead atoms. The summed E-state index contributed by atoms with van der Waals surface area (Å²) in [5, 5.41) is 4.23. The Labute approximate surface area is 147 Å². The van der Waals surface area contributed by atoms with Gasteiger partial charge in [-0.15, -0.1) is 0 Å². The standard InChI is InChI=1S/C19H23N3O3/c1-14-11-20-21(12-14)13-19(23)22-7-2-4-16(22)15-5-6-17-18(10-15)25-9-3-8-24-17/h5-6,10-12,16H,2-4,7-9,13H2,1H3. The van der Waals surface area contributed by atoms with Gasteiger partial charge >= 0.3 is 0 Å². The largest absolute Gasteiger partial charge is 0.490 e. The van der Waals surface area contributed by atoms with Gasteiger partial charge in [-0.1, -0.05) is 6.07 Å². The molecule has 1 atom stereocenters. The molecule has 0 saturated carbocycles. The molecule has 1 saturated heterocycles. The van der Waals surface area contributed by atoms with Crippen LogP contribution in [0.1, 0.15) is 36.4 Å². The van der Waals surface area contributed by atoms with Crippen molar-refractivity contribution in [3.63, 3.8) is 0 Å². The van der Waals surface area contributed by atoms with Gasteiger partial charge in [0.1, 0.15) is 6.54 Å². The topological polar surface area (TPSA) is 56.6 Å². The number of rotatable bonds is 3. The summed E-state index contributed by atoms with van der Waals surface area (Å²) in [6.07, 6.45) is 6.56. The number of aryl methyl sites for hydroxylation is 1. The minimum atomic E-state index is 0.0984. The second-order valence-electron chi connectivity index (χ2n) is 6.72. The number of aromatic nitrogens is 2. The van der Waals surface area contributed by atoms with Crippen molar-refractivity contribution in [2.24, 2.45) is 0 Å². The molecule has 1 amide bonds. The zero-order chi connectivity index (χ0) is 17.2. The first-order chi connectivity index (χ1) is 12.2. The fraction of sp³-hybridized carbons (Fsp3) is 0.474. The predicted molar refractivity (Wildman–Crippen MR) is 92.7 cm³/mol. The Morgan fingerprint density at radius 3 is 2.88 bits per heavy atom. The number of amides is 1. The minimum absolute atomic E-state index is 0.0984. The molecule has 1 fully saturated rings. The van der Waals surface area contributed by atoms with Crippen LogP contribution in [0.25, 0.3) is 0 Å². The number of hydrogen-bond donors (Lipinski definition) is 0. The van der Waals surface area contributed by atoms with Crippen molar-refractivity contribution in [1.29, 1.82) is 0 Å². The van der Waals surface area contributed by atoms with E-state index in [1.165, 1.54) is 0 Å². The number of benzene rings is 1. The Morgan fingerprint density at radius 1 is 1.24 bits per heavy atom. The van der Waals surface area contributed by atoms with Gasteiger partial charge in [0.05, 0.1) is 25.5 Å². The van der Waals surface area contributed by atoms with Crippen molar-refractivity contribution in [3.05, 3.63) is 41.7 Å². The summed E-state index contributed by atoms with van der Waals surface area (Å²) in [5.74, 6) is 1.69. The van der Waals surface area contributed by atoms with Crippen molar-refractivity contribution in [1.82, 2.24) is 14.7 Å². The lowest BCUT2D eigenvalue weighted by Gasteiger charge is -2.25. The van der Waals surface area contributed by atoms with Gasteiger partial charge in [-0.2, -0.15) is 5.10 Å². The third kappa shape index (κ3) is 3.34. The zero-order valence-corrected chi connectivity index (χ0v) is 14.5. The lowest BCUT2D eigenvalue weighted by molar-refractivity contribution is -0.133. The number of ether oxygens (including phenoxy) is 2. The van der Waals surface area contributed by atoms with Crippen molar-refractivity contribution < 1.29 is 14.3 Å². The van der Waals surface area contributed by atoms with Crippen molar-refractivity contribution >= 4 is 5.91 Å². The Balaban J connectivity index is 1.53. The molecular weight excluding hydrogens is 318 g/mol. The van der Waals surface area contributed by atoms with Crippen LogP contribution in [0, 0.1) is 6.92 Å². The molecule has 4 rings (SSSR count). The molecule has 0 N–H and O–H groups in total. The van der Waals surface area contributed by atoms with E-state index >= 15 is 0 Å². The fourth-order valence-electron chi connectivity index (χ4n) is 3.58. The molecule has 1 aromatic heterocycles. The van der Waals surface area contributed by atoms with Crippen LogP contribution in [0.2, 0.25) is 0 Å². The van der Waals surface area contributed by atoms with Crippen LogP contribution in [0.3, 0.4) is 0 Å². The second kappa shape index (κ2) is 6.78. The van der Waals surface area contributed by atoms with Crippen molar-refractivity contribution in [2.45, 2.75) is 38.8 Å². The number of nitrogens with zero attached hydrogens (tertiary/aromatic N) is 3. The Hall–Kier alpha value is -2.50. The van der Waals surface area contributed by atoms with Crippen LogP contribution in [-0.2, 0) is 11.3 Å². The molecule has 1 unspecified atom stereocenters. The highest BCUT2D eigenvalue weighted by atomic mass is 16.5. The van der Waals surface area contributed by atoms with E-state index in [-0.39, 0.29) is 18.5 Å². The average molecular weight is 341 g/mol. The molecule has 3 heterocycles. The Kier molecular flexibility index (Phi) is 4.34. The number of likely N-dealkylation sites (tertiary alicyclic amines) is 1. The van der Waals surface area contributed by atoms with Crippen LogP contribution in [-0.4, -0.2) is 40.3 Å². The van der Waals surface area contributed by atoms with Crippen LogP contribution >= 0.6 is 0 Å². The summed E-state index contributed by atoms with van der Waals surface area (Å²) >= 11 is 0. The van der Waals surface area contributed by atoms with Gasteiger partial charge in [-0.05, 0) is 43.0 Å². The van der Waals surface area contributed by atoms with Crippen molar-refractivity contribution in [2.75, 3.05) is 19.8 Å². The number of carbonyl (C=O) groups is 1. The van der Waals surface area contributed by atoms with E-state index in [0.717, 1.165) is 48.4 Å². The van der Waals surface area contributed by atoms with E-state index < -0.39 is 0 Å². The number of hydrogen-bond acceptors (Lipinski definition) is 4. The predicted octanol–water partition coefficient (Wildman–Crippen LogP) is 2.72. The third-order valence-electron chi connectivity index (χ3n) is 4.79. The quantitative estimate of drug-likeness (QED) is 0.861. The van der Waals surface area contributed by atoms with Gasteiger partial charge in [0.2, 0.25) is 5.91 Å². The Bertz CT molecular complexity index is 771.